The van der Waals surface area contributed by atoms with Crippen LogP contribution in [0.2, 0.25) is 0 Å². The van der Waals surface area contributed by atoms with Crippen molar-refractivity contribution < 1.29 is 18.3 Å². The van der Waals surface area contributed by atoms with Crippen LogP contribution in [-0.4, -0.2) is 24.6 Å². The Morgan fingerprint density at radius 2 is 2.17 bits per heavy atom. The molecular formula is C12H16F2N2O2. The van der Waals surface area contributed by atoms with Gasteiger partial charge in [-0.3, -0.25) is 4.79 Å². The highest BCUT2D eigenvalue weighted by Crippen LogP contribution is 2.20. The Morgan fingerprint density at radius 1 is 1.50 bits per heavy atom. The molecule has 0 radical (unpaired) electrons. The summed E-state index contributed by atoms with van der Waals surface area (Å²) in [4.78, 5) is 11.3. The van der Waals surface area contributed by atoms with Crippen LogP contribution < -0.4 is 15.8 Å². The van der Waals surface area contributed by atoms with Crippen molar-refractivity contribution in [3.63, 3.8) is 0 Å². The van der Waals surface area contributed by atoms with Gasteiger partial charge in [-0.2, -0.15) is 4.39 Å². The van der Waals surface area contributed by atoms with E-state index >= 15 is 0 Å². The zero-order valence-electron chi connectivity index (χ0n) is 10.3. The van der Waals surface area contributed by atoms with Crippen LogP contribution in [0.4, 0.5) is 8.78 Å². The molecule has 1 rings (SSSR count). The lowest BCUT2D eigenvalue weighted by Gasteiger charge is -2.26. The lowest BCUT2D eigenvalue weighted by Crippen LogP contribution is -2.57. The maximum absolute atomic E-state index is 13.3. The number of ether oxygens (including phenoxy) is 1. The van der Waals surface area contributed by atoms with Gasteiger partial charge in [0, 0.05) is 0 Å². The molecule has 6 heteroatoms. The fourth-order valence-corrected chi connectivity index (χ4v) is 1.42. The standard InChI is InChI=1S/C12H16F2N2O2/c1-3-16-12(2,11(15)17)7-18-9-6-4-5-8(13)10(9)14/h4-6,16H,3,7H2,1-2H3,(H2,15,17). The molecule has 0 bridgehead atoms. The van der Waals surface area contributed by atoms with Gasteiger partial charge in [0.1, 0.15) is 12.1 Å². The van der Waals surface area contributed by atoms with E-state index in [1.54, 1.807) is 6.92 Å². The van der Waals surface area contributed by atoms with E-state index in [2.05, 4.69) is 5.32 Å². The molecule has 1 unspecified atom stereocenters. The fourth-order valence-electron chi connectivity index (χ4n) is 1.42. The Kier molecular flexibility index (Phi) is 4.61. The predicted octanol–water partition coefficient (Wildman–Crippen LogP) is 1.20. The Bertz CT molecular complexity index is 440. The smallest absolute Gasteiger partial charge is 0.240 e. The summed E-state index contributed by atoms with van der Waals surface area (Å²) >= 11 is 0. The molecule has 3 N–H and O–H groups in total. The fraction of sp³-hybridized carbons (Fsp3) is 0.417. The topological polar surface area (TPSA) is 64.3 Å². The maximum Gasteiger partial charge on any atom is 0.240 e. The number of hydrogen-bond donors (Lipinski definition) is 2. The molecule has 4 nitrogen and oxygen atoms in total. The third-order valence-electron chi connectivity index (χ3n) is 2.54. The van der Waals surface area contributed by atoms with E-state index in [0.29, 0.717) is 6.54 Å². The number of rotatable bonds is 6. The Morgan fingerprint density at radius 3 is 2.72 bits per heavy atom. The summed E-state index contributed by atoms with van der Waals surface area (Å²) in [5, 5.41) is 2.85. The Labute approximate surface area is 104 Å². The molecule has 0 aliphatic heterocycles. The number of nitrogens with two attached hydrogens (primary N) is 1. The van der Waals surface area contributed by atoms with Gasteiger partial charge in [0.05, 0.1) is 0 Å². The van der Waals surface area contributed by atoms with E-state index in [9.17, 15) is 13.6 Å². The summed E-state index contributed by atoms with van der Waals surface area (Å²) in [6, 6.07) is 3.59. The van der Waals surface area contributed by atoms with E-state index in [0.717, 1.165) is 6.07 Å². The number of primary amides is 1. The zero-order chi connectivity index (χ0) is 13.8. The lowest BCUT2D eigenvalue weighted by atomic mass is 10.0. The minimum Gasteiger partial charge on any atom is -0.488 e. The molecule has 1 amide bonds. The van der Waals surface area contributed by atoms with Crippen molar-refractivity contribution in [1.82, 2.24) is 5.32 Å². The Hall–Kier alpha value is -1.69. The van der Waals surface area contributed by atoms with E-state index in [4.69, 9.17) is 10.5 Å². The van der Waals surface area contributed by atoms with Gasteiger partial charge in [0.25, 0.3) is 0 Å². The summed E-state index contributed by atoms with van der Waals surface area (Å²) in [6.45, 7) is 3.64. The third kappa shape index (κ3) is 3.16. The van der Waals surface area contributed by atoms with Crippen LogP contribution in [0.15, 0.2) is 18.2 Å². The number of benzene rings is 1. The lowest BCUT2D eigenvalue weighted by molar-refractivity contribution is -0.124. The molecular weight excluding hydrogens is 242 g/mol. The van der Waals surface area contributed by atoms with E-state index < -0.39 is 23.1 Å². The highest BCUT2D eigenvalue weighted by atomic mass is 19.2. The van der Waals surface area contributed by atoms with E-state index in [1.165, 1.54) is 19.1 Å². The van der Waals surface area contributed by atoms with Gasteiger partial charge in [0.2, 0.25) is 11.7 Å². The molecule has 0 fully saturated rings. The van der Waals surface area contributed by atoms with E-state index in [-0.39, 0.29) is 12.4 Å². The van der Waals surface area contributed by atoms with Crippen molar-refractivity contribution in [2.45, 2.75) is 19.4 Å². The molecule has 0 saturated heterocycles. The number of carbonyl (C=O) groups excluding carboxylic acids is 1. The maximum atomic E-state index is 13.3. The molecule has 0 spiro atoms. The number of nitrogens with one attached hydrogen (secondary N) is 1. The molecule has 100 valence electrons. The molecule has 0 aliphatic carbocycles. The third-order valence-corrected chi connectivity index (χ3v) is 2.54. The van der Waals surface area contributed by atoms with Crippen LogP contribution in [0.25, 0.3) is 0 Å². The van der Waals surface area contributed by atoms with Gasteiger partial charge in [-0.05, 0) is 25.6 Å². The van der Waals surface area contributed by atoms with Gasteiger partial charge in [0.15, 0.2) is 11.6 Å². The van der Waals surface area contributed by atoms with Crippen LogP contribution in [0.1, 0.15) is 13.8 Å². The summed E-state index contributed by atoms with van der Waals surface area (Å²) in [5.41, 5.74) is 4.11. The molecule has 1 aromatic carbocycles. The van der Waals surface area contributed by atoms with Crippen LogP contribution in [0.3, 0.4) is 0 Å². The van der Waals surface area contributed by atoms with Gasteiger partial charge < -0.3 is 15.8 Å². The van der Waals surface area contributed by atoms with Gasteiger partial charge in [-0.25, -0.2) is 4.39 Å². The molecule has 1 aromatic rings. The first kappa shape index (κ1) is 14.4. The molecule has 18 heavy (non-hydrogen) atoms. The monoisotopic (exact) mass is 258 g/mol. The number of likely N-dealkylation sites (N-methyl/N-ethyl adjacent to an activating group) is 1. The predicted molar refractivity (Wildman–Crippen MR) is 63.1 cm³/mol. The summed E-state index contributed by atoms with van der Waals surface area (Å²) < 4.78 is 31.4. The van der Waals surface area contributed by atoms with Crippen molar-refractivity contribution in [3.05, 3.63) is 29.8 Å². The molecule has 0 saturated carbocycles. The number of halogens is 2. The number of carbonyl (C=O) groups is 1. The zero-order valence-corrected chi connectivity index (χ0v) is 10.3. The van der Waals surface area contributed by atoms with Crippen molar-refractivity contribution in [2.24, 2.45) is 5.73 Å². The highest BCUT2D eigenvalue weighted by Gasteiger charge is 2.31. The summed E-state index contributed by atoms with van der Waals surface area (Å²) in [6.07, 6.45) is 0. The second kappa shape index (κ2) is 5.77. The first-order valence-corrected chi connectivity index (χ1v) is 5.52. The first-order chi connectivity index (χ1) is 8.40. The SMILES string of the molecule is CCNC(C)(COc1cccc(F)c1F)C(N)=O. The molecule has 1 atom stereocenters. The average molecular weight is 258 g/mol. The molecule has 0 aliphatic rings. The van der Waals surface area contributed by atoms with Gasteiger partial charge in [-0.1, -0.05) is 13.0 Å². The van der Waals surface area contributed by atoms with Crippen molar-refractivity contribution in [3.8, 4) is 5.75 Å². The van der Waals surface area contributed by atoms with Crippen LogP contribution in [0.5, 0.6) is 5.75 Å². The van der Waals surface area contributed by atoms with Crippen LogP contribution in [-0.2, 0) is 4.79 Å². The first-order valence-electron chi connectivity index (χ1n) is 5.52. The second-order valence-electron chi connectivity index (χ2n) is 4.07. The number of hydrogen-bond acceptors (Lipinski definition) is 3. The summed E-state index contributed by atoms with van der Waals surface area (Å²) in [7, 11) is 0. The van der Waals surface area contributed by atoms with Crippen LogP contribution >= 0.6 is 0 Å². The minimum absolute atomic E-state index is 0.184. The van der Waals surface area contributed by atoms with Crippen molar-refractivity contribution in [2.75, 3.05) is 13.2 Å². The summed E-state index contributed by atoms with van der Waals surface area (Å²) in [5.74, 6) is -2.96. The van der Waals surface area contributed by atoms with Gasteiger partial charge >= 0.3 is 0 Å². The minimum atomic E-state index is -1.13. The van der Waals surface area contributed by atoms with Gasteiger partial charge in [-0.15, -0.1) is 0 Å². The van der Waals surface area contributed by atoms with E-state index in [1.807, 2.05) is 0 Å². The number of amides is 1. The highest BCUT2D eigenvalue weighted by molar-refractivity contribution is 5.84. The molecule has 0 aromatic heterocycles. The van der Waals surface area contributed by atoms with Crippen molar-refractivity contribution >= 4 is 5.91 Å². The second-order valence-corrected chi connectivity index (χ2v) is 4.07. The Balaban J connectivity index is 2.79. The average Bonchev–Trinajstić information content (AvgIpc) is 2.31. The largest absolute Gasteiger partial charge is 0.488 e. The van der Waals surface area contributed by atoms with Crippen molar-refractivity contribution in [1.29, 1.82) is 0 Å². The quantitative estimate of drug-likeness (QED) is 0.805. The van der Waals surface area contributed by atoms with Crippen LogP contribution in [0, 0.1) is 11.6 Å². The molecule has 0 heterocycles. The normalized spacial score (nSPS) is 14.0.